The molecule has 2 rings (SSSR count). The standard InChI is InChI=1S/C11H13BrN2O2/c12-7-10-2-1-9(8-13-10)11(15)14-3-5-16-6-4-14/h1-2,8H,3-7H2. The third kappa shape index (κ3) is 2.59. The minimum Gasteiger partial charge on any atom is -0.378 e. The number of rotatable bonds is 2. The predicted molar refractivity (Wildman–Crippen MR) is 63.6 cm³/mol. The van der Waals surface area contributed by atoms with Crippen LogP contribution in [0.4, 0.5) is 0 Å². The number of hydrogen-bond donors (Lipinski definition) is 0. The maximum absolute atomic E-state index is 12.0. The summed E-state index contributed by atoms with van der Waals surface area (Å²) in [4.78, 5) is 18.0. The summed E-state index contributed by atoms with van der Waals surface area (Å²) in [6.45, 7) is 2.58. The number of pyridine rings is 1. The van der Waals surface area contributed by atoms with Crippen LogP contribution in [-0.4, -0.2) is 42.1 Å². The van der Waals surface area contributed by atoms with E-state index in [1.807, 2.05) is 12.1 Å². The number of alkyl halides is 1. The summed E-state index contributed by atoms with van der Waals surface area (Å²) in [6, 6.07) is 3.68. The van der Waals surface area contributed by atoms with E-state index in [1.165, 1.54) is 0 Å². The van der Waals surface area contributed by atoms with Gasteiger partial charge in [0.25, 0.3) is 5.91 Å². The molecule has 5 heteroatoms. The van der Waals surface area contributed by atoms with Crippen molar-refractivity contribution in [1.29, 1.82) is 0 Å². The normalized spacial score (nSPS) is 16.2. The molecule has 1 saturated heterocycles. The van der Waals surface area contributed by atoms with Gasteiger partial charge in [-0.05, 0) is 12.1 Å². The molecule has 0 aromatic carbocycles. The molecule has 1 aliphatic heterocycles. The Labute approximate surface area is 103 Å². The zero-order valence-electron chi connectivity index (χ0n) is 8.86. The van der Waals surface area contributed by atoms with Crippen molar-refractivity contribution in [3.05, 3.63) is 29.6 Å². The van der Waals surface area contributed by atoms with Gasteiger partial charge in [-0.25, -0.2) is 0 Å². The van der Waals surface area contributed by atoms with Gasteiger partial charge in [-0.2, -0.15) is 0 Å². The number of amides is 1. The van der Waals surface area contributed by atoms with Crippen molar-refractivity contribution in [2.24, 2.45) is 0 Å². The molecular weight excluding hydrogens is 272 g/mol. The van der Waals surface area contributed by atoms with Crippen molar-refractivity contribution in [1.82, 2.24) is 9.88 Å². The quantitative estimate of drug-likeness (QED) is 0.772. The second-order valence-corrected chi connectivity index (χ2v) is 4.14. The molecule has 0 bridgehead atoms. The Bertz CT molecular complexity index is 361. The van der Waals surface area contributed by atoms with Gasteiger partial charge in [-0.3, -0.25) is 9.78 Å². The Balaban J connectivity index is 2.07. The van der Waals surface area contributed by atoms with Gasteiger partial charge in [-0.15, -0.1) is 0 Å². The van der Waals surface area contributed by atoms with Gasteiger partial charge in [0, 0.05) is 24.6 Å². The first-order valence-corrected chi connectivity index (χ1v) is 6.31. The van der Waals surface area contributed by atoms with Crippen molar-refractivity contribution < 1.29 is 9.53 Å². The lowest BCUT2D eigenvalue weighted by atomic mass is 10.2. The second kappa shape index (κ2) is 5.41. The first-order valence-electron chi connectivity index (χ1n) is 5.19. The summed E-state index contributed by atoms with van der Waals surface area (Å²) in [5.41, 5.74) is 1.57. The molecule has 0 radical (unpaired) electrons. The number of aromatic nitrogens is 1. The van der Waals surface area contributed by atoms with Crippen molar-refractivity contribution >= 4 is 21.8 Å². The van der Waals surface area contributed by atoms with E-state index >= 15 is 0 Å². The van der Waals surface area contributed by atoms with Crippen molar-refractivity contribution in [2.75, 3.05) is 26.3 Å². The van der Waals surface area contributed by atoms with Gasteiger partial charge < -0.3 is 9.64 Å². The third-order valence-corrected chi connectivity index (χ3v) is 3.08. The Morgan fingerprint density at radius 3 is 2.75 bits per heavy atom. The van der Waals surface area contributed by atoms with Crippen LogP contribution in [0.2, 0.25) is 0 Å². The van der Waals surface area contributed by atoms with Gasteiger partial charge in [0.1, 0.15) is 0 Å². The Kier molecular flexibility index (Phi) is 3.90. The molecule has 4 nitrogen and oxygen atoms in total. The average Bonchev–Trinajstić information content (AvgIpc) is 2.39. The van der Waals surface area contributed by atoms with Crippen LogP contribution >= 0.6 is 15.9 Å². The molecule has 1 amide bonds. The number of morpholine rings is 1. The number of ether oxygens (including phenoxy) is 1. The molecule has 16 heavy (non-hydrogen) atoms. The summed E-state index contributed by atoms with van der Waals surface area (Å²) in [6.07, 6.45) is 1.63. The zero-order valence-corrected chi connectivity index (χ0v) is 10.4. The molecule has 0 aliphatic carbocycles. The first-order chi connectivity index (χ1) is 7.81. The molecule has 1 aromatic heterocycles. The van der Waals surface area contributed by atoms with Crippen LogP contribution in [0.15, 0.2) is 18.3 Å². The molecule has 0 N–H and O–H groups in total. The highest BCUT2D eigenvalue weighted by Crippen LogP contribution is 2.08. The smallest absolute Gasteiger partial charge is 0.255 e. The van der Waals surface area contributed by atoms with Crippen LogP contribution < -0.4 is 0 Å². The topological polar surface area (TPSA) is 42.4 Å². The summed E-state index contributed by atoms with van der Waals surface area (Å²) in [7, 11) is 0. The second-order valence-electron chi connectivity index (χ2n) is 3.58. The number of carbonyl (C=O) groups is 1. The summed E-state index contributed by atoms with van der Waals surface area (Å²) in [5, 5.41) is 0.707. The van der Waals surface area contributed by atoms with Crippen LogP contribution in [-0.2, 0) is 10.1 Å². The Hall–Kier alpha value is -0.940. The van der Waals surface area contributed by atoms with E-state index in [1.54, 1.807) is 11.1 Å². The summed E-state index contributed by atoms with van der Waals surface area (Å²) < 4.78 is 5.21. The SMILES string of the molecule is O=C(c1ccc(CBr)nc1)N1CCOCC1. The number of carbonyl (C=O) groups excluding carboxylic acids is 1. The van der Waals surface area contributed by atoms with Crippen LogP contribution in [0.25, 0.3) is 0 Å². The molecule has 86 valence electrons. The molecule has 1 aliphatic rings. The molecule has 0 atom stereocenters. The molecule has 2 heterocycles. The molecule has 1 aromatic rings. The third-order valence-electron chi connectivity index (χ3n) is 2.51. The fourth-order valence-electron chi connectivity index (χ4n) is 1.58. The van der Waals surface area contributed by atoms with E-state index in [0.717, 1.165) is 5.69 Å². The molecular formula is C11H13BrN2O2. The lowest BCUT2D eigenvalue weighted by Gasteiger charge is -2.26. The van der Waals surface area contributed by atoms with Crippen LogP contribution in [0.5, 0.6) is 0 Å². The van der Waals surface area contributed by atoms with Crippen molar-refractivity contribution in [3.8, 4) is 0 Å². The highest BCUT2D eigenvalue weighted by molar-refractivity contribution is 9.08. The van der Waals surface area contributed by atoms with E-state index in [4.69, 9.17) is 4.74 Å². The lowest BCUT2D eigenvalue weighted by molar-refractivity contribution is 0.0302. The molecule has 0 spiro atoms. The number of halogens is 1. The van der Waals surface area contributed by atoms with Gasteiger partial charge in [0.15, 0.2) is 0 Å². The van der Waals surface area contributed by atoms with Gasteiger partial charge in [-0.1, -0.05) is 15.9 Å². The van der Waals surface area contributed by atoms with Gasteiger partial charge >= 0.3 is 0 Å². The van der Waals surface area contributed by atoms with Crippen LogP contribution in [0.1, 0.15) is 16.1 Å². The Morgan fingerprint density at radius 1 is 1.44 bits per heavy atom. The van der Waals surface area contributed by atoms with E-state index < -0.39 is 0 Å². The molecule has 0 unspecified atom stereocenters. The highest BCUT2D eigenvalue weighted by Gasteiger charge is 2.18. The number of nitrogens with zero attached hydrogens (tertiary/aromatic N) is 2. The maximum Gasteiger partial charge on any atom is 0.255 e. The highest BCUT2D eigenvalue weighted by atomic mass is 79.9. The number of hydrogen-bond acceptors (Lipinski definition) is 3. The van der Waals surface area contributed by atoms with Crippen molar-refractivity contribution in [2.45, 2.75) is 5.33 Å². The minimum absolute atomic E-state index is 0.0388. The van der Waals surface area contributed by atoms with Gasteiger partial charge in [0.05, 0.1) is 24.5 Å². The molecule has 0 saturated carbocycles. The maximum atomic E-state index is 12.0. The first kappa shape index (κ1) is 11.5. The van der Waals surface area contributed by atoms with Crippen LogP contribution in [0.3, 0.4) is 0 Å². The summed E-state index contributed by atoms with van der Waals surface area (Å²) in [5.74, 6) is 0.0388. The minimum atomic E-state index is 0.0388. The monoisotopic (exact) mass is 284 g/mol. The van der Waals surface area contributed by atoms with E-state index in [0.29, 0.717) is 37.2 Å². The average molecular weight is 285 g/mol. The fraction of sp³-hybridized carbons (Fsp3) is 0.455. The van der Waals surface area contributed by atoms with Crippen molar-refractivity contribution in [3.63, 3.8) is 0 Å². The van der Waals surface area contributed by atoms with E-state index in [2.05, 4.69) is 20.9 Å². The zero-order chi connectivity index (χ0) is 11.4. The largest absolute Gasteiger partial charge is 0.378 e. The van der Waals surface area contributed by atoms with Gasteiger partial charge in [0.2, 0.25) is 0 Å². The Morgan fingerprint density at radius 2 is 2.19 bits per heavy atom. The van der Waals surface area contributed by atoms with E-state index in [-0.39, 0.29) is 5.91 Å². The predicted octanol–water partition coefficient (Wildman–Crippen LogP) is 1.45. The summed E-state index contributed by atoms with van der Waals surface area (Å²) >= 11 is 3.32. The lowest BCUT2D eigenvalue weighted by Crippen LogP contribution is -2.40. The fourth-order valence-corrected chi connectivity index (χ4v) is 1.91. The van der Waals surface area contributed by atoms with E-state index in [9.17, 15) is 4.79 Å². The van der Waals surface area contributed by atoms with Crippen LogP contribution in [0, 0.1) is 0 Å². The molecule has 1 fully saturated rings.